The maximum absolute atomic E-state index is 5.11. The molecular weight excluding hydrogens is 633 g/mol. The van der Waals surface area contributed by atoms with E-state index in [2.05, 4.69) is 196 Å². The summed E-state index contributed by atoms with van der Waals surface area (Å²) >= 11 is 0. The van der Waals surface area contributed by atoms with Crippen molar-refractivity contribution in [2.75, 3.05) is 0 Å². The van der Waals surface area contributed by atoms with E-state index in [0.29, 0.717) is 0 Å². The summed E-state index contributed by atoms with van der Waals surface area (Å²) in [4.78, 5) is 5.11. The molecule has 0 aliphatic heterocycles. The molecule has 244 valence electrons. The first-order chi connectivity index (χ1) is 25.8. The van der Waals surface area contributed by atoms with Gasteiger partial charge < -0.3 is 9.13 Å². The van der Waals surface area contributed by atoms with E-state index in [1.807, 2.05) is 0 Å². The summed E-state index contributed by atoms with van der Waals surface area (Å²) in [7, 11) is 0. The predicted molar refractivity (Wildman–Crippen MR) is 219 cm³/mol. The molecule has 11 rings (SSSR count). The Hall–Kier alpha value is -6.91. The van der Waals surface area contributed by atoms with Gasteiger partial charge in [-0.2, -0.15) is 0 Å². The number of nitrogens with zero attached hydrogens (tertiary/aromatic N) is 4. The zero-order chi connectivity index (χ0) is 34.2. The SMILES string of the molecule is C1=CC(n2c3ccccc3c3ccc4cc5c6ccccc6n(-c6ccccc6)c5cc4c32)=CC=C(n2c(-c3ccccc3)nc3ccccc32)C1. The Balaban J connectivity index is 1.18. The van der Waals surface area contributed by atoms with E-state index in [-0.39, 0.29) is 0 Å². The monoisotopic (exact) mass is 664 g/mol. The average Bonchev–Trinajstić information content (AvgIpc) is 3.79. The molecule has 3 aromatic heterocycles. The minimum Gasteiger partial charge on any atom is -0.309 e. The molecule has 1 aliphatic rings. The molecule has 10 aromatic rings. The molecule has 52 heavy (non-hydrogen) atoms. The van der Waals surface area contributed by atoms with Crippen LogP contribution in [0.25, 0.3) is 93.9 Å². The Morgan fingerprint density at radius 3 is 1.94 bits per heavy atom. The topological polar surface area (TPSA) is 27.7 Å². The minimum atomic E-state index is 0.774. The summed E-state index contributed by atoms with van der Waals surface area (Å²) in [5.41, 5.74) is 11.5. The molecule has 0 saturated heterocycles. The lowest BCUT2D eigenvalue weighted by molar-refractivity contribution is 1.08. The van der Waals surface area contributed by atoms with Crippen molar-refractivity contribution in [1.29, 1.82) is 0 Å². The van der Waals surface area contributed by atoms with E-state index in [1.165, 1.54) is 60.1 Å². The molecule has 0 saturated carbocycles. The fraction of sp³-hybridized carbons (Fsp3) is 0.0208. The third kappa shape index (κ3) is 4.25. The second-order valence-electron chi connectivity index (χ2n) is 13.6. The largest absolute Gasteiger partial charge is 0.309 e. The van der Waals surface area contributed by atoms with Gasteiger partial charge in [-0.3, -0.25) is 4.57 Å². The van der Waals surface area contributed by atoms with Crippen molar-refractivity contribution in [3.63, 3.8) is 0 Å². The summed E-state index contributed by atoms with van der Waals surface area (Å²) in [6.45, 7) is 0. The summed E-state index contributed by atoms with van der Waals surface area (Å²) in [5, 5.41) is 7.48. The number of hydrogen-bond donors (Lipinski definition) is 0. The zero-order valence-electron chi connectivity index (χ0n) is 28.3. The predicted octanol–water partition coefficient (Wildman–Crippen LogP) is 12.4. The van der Waals surface area contributed by atoms with E-state index in [9.17, 15) is 0 Å². The standard InChI is InChI=1S/C48H32N4/c1-3-14-32(15-4-1)48-49-42-22-9-12-25-45(42)52(48)36-19-13-18-35(27-28-36)51-44-24-11-7-20-37(44)39-29-26-33-30-41-38-21-8-10-23-43(38)50(34-16-5-2-6-17-34)46(41)31-40(33)47(39)51/h1-18,20-31H,19H2. The number of fused-ring (bicyclic) bond motifs is 9. The van der Waals surface area contributed by atoms with Gasteiger partial charge in [0.25, 0.3) is 0 Å². The van der Waals surface area contributed by atoms with Gasteiger partial charge in [0.05, 0.1) is 33.1 Å². The van der Waals surface area contributed by atoms with Crippen molar-refractivity contribution >= 4 is 76.8 Å². The molecule has 0 N–H and O–H groups in total. The molecule has 7 aromatic carbocycles. The molecule has 0 radical (unpaired) electrons. The van der Waals surface area contributed by atoms with Crippen LogP contribution in [-0.4, -0.2) is 18.7 Å². The summed E-state index contributed by atoms with van der Waals surface area (Å²) in [6.07, 6.45) is 9.93. The number of rotatable bonds is 4. The van der Waals surface area contributed by atoms with Crippen molar-refractivity contribution in [1.82, 2.24) is 18.7 Å². The first-order valence-corrected chi connectivity index (χ1v) is 17.9. The van der Waals surface area contributed by atoms with Gasteiger partial charge in [-0.25, -0.2) is 4.98 Å². The number of para-hydroxylation sites is 5. The highest BCUT2D eigenvalue weighted by Gasteiger charge is 2.20. The minimum absolute atomic E-state index is 0.774. The van der Waals surface area contributed by atoms with Crippen LogP contribution in [0.3, 0.4) is 0 Å². The maximum Gasteiger partial charge on any atom is 0.145 e. The molecule has 0 fully saturated rings. The number of imidazole rings is 1. The Morgan fingerprint density at radius 1 is 0.462 bits per heavy atom. The molecule has 1 aliphatic carbocycles. The Kier molecular flexibility index (Phi) is 6.28. The van der Waals surface area contributed by atoms with Gasteiger partial charge in [-0.1, -0.05) is 115 Å². The molecule has 0 bridgehead atoms. The van der Waals surface area contributed by atoms with E-state index < -0.39 is 0 Å². The van der Waals surface area contributed by atoms with Crippen LogP contribution in [0.4, 0.5) is 0 Å². The number of hydrogen-bond acceptors (Lipinski definition) is 1. The smallest absolute Gasteiger partial charge is 0.145 e. The fourth-order valence-electron chi connectivity index (χ4n) is 8.39. The van der Waals surface area contributed by atoms with Gasteiger partial charge >= 0.3 is 0 Å². The highest BCUT2D eigenvalue weighted by Crippen LogP contribution is 2.41. The first-order valence-electron chi connectivity index (χ1n) is 17.9. The van der Waals surface area contributed by atoms with Crippen LogP contribution >= 0.6 is 0 Å². The molecule has 4 nitrogen and oxygen atoms in total. The third-order valence-electron chi connectivity index (χ3n) is 10.7. The lowest BCUT2D eigenvalue weighted by atomic mass is 10.0. The second kappa shape index (κ2) is 11.3. The van der Waals surface area contributed by atoms with Gasteiger partial charge in [0.1, 0.15) is 5.82 Å². The van der Waals surface area contributed by atoms with Gasteiger partial charge in [0.15, 0.2) is 0 Å². The normalized spacial score (nSPS) is 13.5. The van der Waals surface area contributed by atoms with Crippen LogP contribution in [0, 0.1) is 0 Å². The van der Waals surface area contributed by atoms with Crippen molar-refractivity contribution in [2.45, 2.75) is 6.42 Å². The molecule has 0 unspecified atom stereocenters. The third-order valence-corrected chi connectivity index (χ3v) is 10.7. The number of aromatic nitrogens is 4. The van der Waals surface area contributed by atoms with Crippen LogP contribution < -0.4 is 0 Å². The van der Waals surface area contributed by atoms with Crippen molar-refractivity contribution in [3.05, 3.63) is 182 Å². The summed E-state index contributed by atoms with van der Waals surface area (Å²) in [6, 6.07) is 56.6. The highest BCUT2D eigenvalue weighted by molar-refractivity contribution is 6.23. The molecule has 0 spiro atoms. The molecule has 0 atom stereocenters. The Labute approximate surface area is 300 Å². The van der Waals surface area contributed by atoms with Crippen LogP contribution in [-0.2, 0) is 0 Å². The van der Waals surface area contributed by atoms with E-state index in [4.69, 9.17) is 4.98 Å². The zero-order valence-corrected chi connectivity index (χ0v) is 28.3. The van der Waals surface area contributed by atoms with Gasteiger partial charge in [0.2, 0.25) is 0 Å². The summed E-state index contributed by atoms with van der Waals surface area (Å²) in [5.74, 6) is 0.957. The fourth-order valence-corrected chi connectivity index (χ4v) is 8.39. The molecule has 0 amide bonds. The second-order valence-corrected chi connectivity index (χ2v) is 13.6. The van der Waals surface area contributed by atoms with Crippen LogP contribution in [0.5, 0.6) is 0 Å². The Bertz CT molecular complexity index is 3130. The van der Waals surface area contributed by atoms with Crippen molar-refractivity contribution in [3.8, 4) is 17.1 Å². The average molecular weight is 665 g/mol. The number of benzene rings is 7. The van der Waals surface area contributed by atoms with Crippen LogP contribution in [0.2, 0.25) is 0 Å². The number of allylic oxidation sites excluding steroid dienone is 6. The van der Waals surface area contributed by atoms with Gasteiger partial charge in [-0.05, 0) is 72.1 Å². The van der Waals surface area contributed by atoms with E-state index in [1.54, 1.807) is 0 Å². The van der Waals surface area contributed by atoms with Gasteiger partial charge in [-0.15, -0.1) is 0 Å². The lowest BCUT2D eigenvalue weighted by Gasteiger charge is -2.12. The molecular formula is C48H32N4. The first kappa shape index (κ1) is 28.9. The molecule has 3 heterocycles. The van der Waals surface area contributed by atoms with Crippen LogP contribution in [0.1, 0.15) is 6.42 Å². The van der Waals surface area contributed by atoms with Crippen LogP contribution in [0.15, 0.2) is 182 Å². The highest BCUT2D eigenvalue weighted by atomic mass is 15.1. The Morgan fingerprint density at radius 2 is 1.13 bits per heavy atom. The van der Waals surface area contributed by atoms with E-state index >= 15 is 0 Å². The lowest BCUT2D eigenvalue weighted by Crippen LogP contribution is -1.99. The van der Waals surface area contributed by atoms with E-state index in [0.717, 1.165) is 40.2 Å². The maximum atomic E-state index is 5.11. The quantitative estimate of drug-likeness (QED) is 0.184. The van der Waals surface area contributed by atoms with Gasteiger partial charge in [0, 0.05) is 56.0 Å². The molecule has 4 heteroatoms. The van der Waals surface area contributed by atoms with Crippen molar-refractivity contribution in [2.24, 2.45) is 0 Å². The summed E-state index contributed by atoms with van der Waals surface area (Å²) < 4.78 is 7.21. The van der Waals surface area contributed by atoms with Crippen molar-refractivity contribution < 1.29 is 0 Å².